The second-order valence-electron chi connectivity index (χ2n) is 5.51. The van der Waals surface area contributed by atoms with Crippen molar-refractivity contribution < 1.29 is 13.5 Å². The molecule has 0 bridgehead atoms. The molecule has 0 saturated heterocycles. The van der Waals surface area contributed by atoms with Crippen LogP contribution in [0.25, 0.3) is 0 Å². The van der Waals surface area contributed by atoms with Gasteiger partial charge in [0.05, 0.1) is 6.54 Å². The van der Waals surface area contributed by atoms with Crippen molar-refractivity contribution in [3.63, 3.8) is 0 Å². The van der Waals surface area contributed by atoms with Crippen molar-refractivity contribution >= 4 is 21.9 Å². The molecular formula is C14H20N6O3S. The van der Waals surface area contributed by atoms with Gasteiger partial charge in [-0.05, 0) is 37.9 Å². The Morgan fingerprint density at radius 1 is 1.50 bits per heavy atom. The van der Waals surface area contributed by atoms with Gasteiger partial charge in [-0.2, -0.15) is 8.42 Å². The zero-order valence-corrected chi connectivity index (χ0v) is 14.3. The number of amidine groups is 2. The quantitative estimate of drug-likeness (QED) is 0.604. The molecule has 130 valence electrons. The Kier molecular flexibility index (Phi) is 5.52. The van der Waals surface area contributed by atoms with Crippen molar-refractivity contribution in [3.05, 3.63) is 41.4 Å². The fourth-order valence-corrected chi connectivity index (χ4v) is 2.84. The number of pyridine rings is 1. The van der Waals surface area contributed by atoms with Crippen LogP contribution in [-0.2, 0) is 23.2 Å². The number of aromatic nitrogens is 1. The zero-order valence-electron chi connectivity index (χ0n) is 13.5. The topological polar surface area (TPSA) is 133 Å². The molecule has 0 atom stereocenters. The molecule has 0 spiro atoms. The molecule has 1 aliphatic rings. The molecule has 0 amide bonds. The van der Waals surface area contributed by atoms with Crippen LogP contribution in [0.4, 0.5) is 0 Å². The summed E-state index contributed by atoms with van der Waals surface area (Å²) in [6.07, 6.45) is 3.74. The molecule has 1 aromatic heterocycles. The van der Waals surface area contributed by atoms with Gasteiger partial charge in [-0.15, -0.1) is 4.40 Å². The summed E-state index contributed by atoms with van der Waals surface area (Å²) in [6.45, 7) is 0.698. The highest BCUT2D eigenvalue weighted by Crippen LogP contribution is 2.06. The minimum absolute atomic E-state index is 0.0128. The summed E-state index contributed by atoms with van der Waals surface area (Å²) >= 11 is 0. The number of nitrogens with two attached hydrogens (primary N) is 1. The summed E-state index contributed by atoms with van der Waals surface area (Å²) in [7, 11) is 0.171. The molecule has 0 fully saturated rings. The lowest BCUT2D eigenvalue weighted by atomic mass is 10.2. The maximum absolute atomic E-state index is 11.2. The molecule has 4 N–H and O–H groups in total. The number of allylic oxidation sites excluding steroid dienone is 1. The lowest BCUT2D eigenvalue weighted by Gasteiger charge is -2.09. The summed E-state index contributed by atoms with van der Waals surface area (Å²) in [5, 5.41) is 9.86. The minimum Gasteiger partial charge on any atom is -0.511 e. The second-order valence-corrected chi connectivity index (χ2v) is 6.85. The van der Waals surface area contributed by atoms with Crippen LogP contribution in [0.2, 0.25) is 0 Å². The zero-order chi connectivity index (χ0) is 17.7. The third-order valence-corrected chi connectivity index (χ3v) is 3.90. The van der Waals surface area contributed by atoms with Gasteiger partial charge in [0.25, 0.3) is 0 Å². The van der Waals surface area contributed by atoms with E-state index in [-0.39, 0.29) is 24.0 Å². The number of aliphatic hydroxyl groups is 1. The minimum atomic E-state index is -3.80. The van der Waals surface area contributed by atoms with Gasteiger partial charge in [0.2, 0.25) is 0 Å². The molecule has 1 aliphatic heterocycles. The Hall–Kier alpha value is -2.46. The average molecular weight is 352 g/mol. The highest BCUT2D eigenvalue weighted by Gasteiger charge is 2.23. The molecule has 2 heterocycles. The van der Waals surface area contributed by atoms with Gasteiger partial charge < -0.3 is 15.7 Å². The van der Waals surface area contributed by atoms with E-state index < -0.39 is 10.2 Å². The van der Waals surface area contributed by atoms with E-state index in [2.05, 4.69) is 24.0 Å². The molecule has 0 aliphatic carbocycles. The smallest absolute Gasteiger partial charge is 0.345 e. The first-order valence-corrected chi connectivity index (χ1v) is 8.59. The van der Waals surface area contributed by atoms with E-state index in [1.165, 1.54) is 0 Å². The predicted octanol–water partition coefficient (Wildman–Crippen LogP) is -0.269. The van der Waals surface area contributed by atoms with E-state index in [1.807, 2.05) is 26.2 Å². The Bertz CT molecular complexity index is 798. The third-order valence-electron chi connectivity index (χ3n) is 3.01. The molecule has 0 aromatic carbocycles. The van der Waals surface area contributed by atoms with E-state index in [4.69, 9.17) is 5.73 Å². The summed E-state index contributed by atoms with van der Waals surface area (Å²) < 4.78 is 27.6. The van der Waals surface area contributed by atoms with E-state index in [1.54, 1.807) is 12.3 Å². The predicted molar refractivity (Wildman–Crippen MR) is 92.0 cm³/mol. The van der Waals surface area contributed by atoms with Crippen molar-refractivity contribution in [2.45, 2.75) is 13.0 Å². The lowest BCUT2D eigenvalue weighted by molar-refractivity contribution is 0.400. The van der Waals surface area contributed by atoms with Crippen LogP contribution < -0.4 is 10.5 Å². The number of aliphatic imine (C=N–C) groups is 1. The molecule has 2 rings (SSSR count). The molecule has 0 radical (unpaired) electrons. The first kappa shape index (κ1) is 17.9. The highest BCUT2D eigenvalue weighted by molar-refractivity contribution is 7.89. The van der Waals surface area contributed by atoms with E-state index in [0.29, 0.717) is 6.42 Å². The molecule has 10 heteroatoms. The van der Waals surface area contributed by atoms with Crippen LogP contribution in [0, 0.1) is 0 Å². The van der Waals surface area contributed by atoms with E-state index in [9.17, 15) is 13.5 Å². The average Bonchev–Trinajstić information content (AvgIpc) is 2.75. The highest BCUT2D eigenvalue weighted by atomic mass is 32.2. The SMILES string of the molecule is CN(C)Cc1ccnc(C/C=C(/O)CN=C2NS(=O)(=O)N=C2N)c1. The van der Waals surface area contributed by atoms with Gasteiger partial charge in [0, 0.05) is 24.9 Å². The molecule has 0 saturated carbocycles. The van der Waals surface area contributed by atoms with E-state index in [0.717, 1.165) is 17.8 Å². The Morgan fingerprint density at radius 2 is 2.25 bits per heavy atom. The van der Waals surface area contributed by atoms with Crippen LogP contribution in [-0.4, -0.2) is 55.7 Å². The third kappa shape index (κ3) is 5.32. The summed E-state index contributed by atoms with van der Waals surface area (Å²) in [4.78, 5) is 10.2. The number of rotatable bonds is 6. The van der Waals surface area contributed by atoms with Crippen LogP contribution in [0.15, 0.2) is 39.6 Å². The van der Waals surface area contributed by atoms with Gasteiger partial charge in [-0.3, -0.25) is 9.98 Å². The van der Waals surface area contributed by atoms with Crippen LogP contribution in [0.1, 0.15) is 11.3 Å². The van der Waals surface area contributed by atoms with Gasteiger partial charge in [-0.25, -0.2) is 4.72 Å². The maximum atomic E-state index is 11.2. The monoisotopic (exact) mass is 352 g/mol. The van der Waals surface area contributed by atoms with Gasteiger partial charge >= 0.3 is 10.2 Å². The number of aliphatic hydroxyl groups excluding tert-OH is 1. The summed E-state index contributed by atoms with van der Waals surface area (Å²) in [5.74, 6) is -0.303. The second kappa shape index (κ2) is 7.41. The molecule has 9 nitrogen and oxygen atoms in total. The van der Waals surface area contributed by atoms with Crippen molar-refractivity contribution in [2.75, 3.05) is 20.6 Å². The standard InChI is InChI=1S/C14H20N6O3S/c1-20(2)9-10-5-6-16-11(7-10)3-4-12(21)8-17-14-13(15)18-24(22,23)19-14/h4-7,21H,3,8-9H2,1-2H3,(H2,15,18)(H,17,19)/b12-4+. The molecular weight excluding hydrogens is 332 g/mol. The van der Waals surface area contributed by atoms with Gasteiger partial charge in [0.15, 0.2) is 11.7 Å². The molecule has 24 heavy (non-hydrogen) atoms. The lowest BCUT2D eigenvalue weighted by Crippen LogP contribution is -2.31. The van der Waals surface area contributed by atoms with Crippen LogP contribution in [0.3, 0.4) is 0 Å². The first-order valence-electron chi connectivity index (χ1n) is 7.15. The Morgan fingerprint density at radius 3 is 2.88 bits per heavy atom. The summed E-state index contributed by atoms with van der Waals surface area (Å²) in [5.41, 5.74) is 7.37. The molecule has 1 aromatic rings. The summed E-state index contributed by atoms with van der Waals surface area (Å²) in [6, 6.07) is 3.90. The number of hydrogen-bond acceptors (Lipinski definition) is 7. The Balaban J connectivity index is 1.96. The fourth-order valence-electron chi connectivity index (χ4n) is 2.03. The molecule has 0 unspecified atom stereocenters. The number of hydrogen-bond donors (Lipinski definition) is 3. The van der Waals surface area contributed by atoms with Crippen molar-refractivity contribution in [1.82, 2.24) is 14.6 Å². The fraction of sp³-hybridized carbons (Fsp3) is 0.357. The van der Waals surface area contributed by atoms with Crippen LogP contribution in [0.5, 0.6) is 0 Å². The van der Waals surface area contributed by atoms with E-state index >= 15 is 0 Å². The normalized spacial score (nSPS) is 18.7. The maximum Gasteiger partial charge on any atom is 0.345 e. The van der Waals surface area contributed by atoms with Crippen molar-refractivity contribution in [3.8, 4) is 0 Å². The van der Waals surface area contributed by atoms with Crippen molar-refractivity contribution in [2.24, 2.45) is 15.1 Å². The number of nitrogens with zero attached hydrogens (tertiary/aromatic N) is 4. The number of nitrogens with one attached hydrogen (secondary N) is 1. The Labute approximate surface area is 140 Å². The first-order chi connectivity index (χ1) is 11.2. The van der Waals surface area contributed by atoms with Crippen LogP contribution >= 0.6 is 0 Å². The van der Waals surface area contributed by atoms with Gasteiger partial charge in [0.1, 0.15) is 5.76 Å². The largest absolute Gasteiger partial charge is 0.511 e. The van der Waals surface area contributed by atoms with Crippen molar-refractivity contribution in [1.29, 1.82) is 0 Å². The van der Waals surface area contributed by atoms with Gasteiger partial charge in [-0.1, -0.05) is 0 Å².